The highest BCUT2D eigenvalue weighted by molar-refractivity contribution is 6.04. The maximum absolute atomic E-state index is 12.1. The summed E-state index contributed by atoms with van der Waals surface area (Å²) in [4.78, 5) is 12.1. The van der Waals surface area contributed by atoms with E-state index < -0.39 is 0 Å². The summed E-state index contributed by atoms with van der Waals surface area (Å²) < 4.78 is 0. The minimum Gasteiger partial charge on any atom is -0.508 e. The predicted octanol–water partition coefficient (Wildman–Crippen LogP) is 2.92. The summed E-state index contributed by atoms with van der Waals surface area (Å²) in [5.74, 6) is -0.0503. The zero-order chi connectivity index (χ0) is 14.5. The maximum Gasteiger partial charge on any atom is 0.255 e. The smallest absolute Gasteiger partial charge is 0.255 e. The highest BCUT2D eigenvalue weighted by Crippen LogP contribution is 2.18. The van der Waals surface area contributed by atoms with Gasteiger partial charge in [0.1, 0.15) is 5.75 Å². The SMILES string of the molecule is CNC(C)c1cccc(NC(=O)c2ccc(O)cc2)c1. The number of rotatable bonds is 4. The van der Waals surface area contributed by atoms with Gasteiger partial charge in [0.25, 0.3) is 5.91 Å². The molecule has 0 aromatic heterocycles. The third-order valence-corrected chi connectivity index (χ3v) is 3.21. The molecule has 0 heterocycles. The van der Waals surface area contributed by atoms with Crippen LogP contribution >= 0.6 is 0 Å². The molecule has 4 nitrogen and oxygen atoms in total. The molecule has 104 valence electrons. The van der Waals surface area contributed by atoms with Gasteiger partial charge in [-0.15, -0.1) is 0 Å². The van der Waals surface area contributed by atoms with Crippen molar-refractivity contribution in [3.05, 3.63) is 59.7 Å². The Bertz CT molecular complexity index is 594. The van der Waals surface area contributed by atoms with Gasteiger partial charge in [0, 0.05) is 17.3 Å². The molecule has 0 fully saturated rings. The highest BCUT2D eigenvalue weighted by atomic mass is 16.3. The molecule has 0 aliphatic carbocycles. The minimum absolute atomic E-state index is 0.145. The van der Waals surface area contributed by atoms with Gasteiger partial charge in [-0.05, 0) is 55.9 Å². The third-order valence-electron chi connectivity index (χ3n) is 3.21. The lowest BCUT2D eigenvalue weighted by Gasteiger charge is -2.12. The van der Waals surface area contributed by atoms with Gasteiger partial charge in [0.05, 0.1) is 0 Å². The molecule has 0 radical (unpaired) electrons. The van der Waals surface area contributed by atoms with Crippen molar-refractivity contribution in [2.75, 3.05) is 12.4 Å². The van der Waals surface area contributed by atoms with Crippen LogP contribution in [0.2, 0.25) is 0 Å². The van der Waals surface area contributed by atoms with Crippen LogP contribution in [0.4, 0.5) is 5.69 Å². The van der Waals surface area contributed by atoms with Crippen molar-refractivity contribution in [1.29, 1.82) is 0 Å². The van der Waals surface area contributed by atoms with Crippen molar-refractivity contribution in [2.24, 2.45) is 0 Å². The number of hydrogen-bond acceptors (Lipinski definition) is 3. The van der Waals surface area contributed by atoms with Gasteiger partial charge in [-0.1, -0.05) is 12.1 Å². The second kappa shape index (κ2) is 6.21. The zero-order valence-electron chi connectivity index (χ0n) is 11.6. The van der Waals surface area contributed by atoms with E-state index in [1.807, 2.05) is 31.3 Å². The van der Waals surface area contributed by atoms with Crippen molar-refractivity contribution in [1.82, 2.24) is 5.32 Å². The molecule has 0 saturated heterocycles. The first-order valence-electron chi connectivity index (χ1n) is 6.48. The molecule has 1 atom stereocenters. The molecule has 0 bridgehead atoms. The maximum atomic E-state index is 12.1. The van der Waals surface area contributed by atoms with Gasteiger partial charge < -0.3 is 15.7 Å². The third kappa shape index (κ3) is 3.36. The first-order valence-corrected chi connectivity index (χ1v) is 6.48. The van der Waals surface area contributed by atoms with Crippen LogP contribution in [0, 0.1) is 0 Å². The Morgan fingerprint density at radius 3 is 2.50 bits per heavy atom. The van der Waals surface area contributed by atoms with Crippen LogP contribution in [0.3, 0.4) is 0 Å². The first-order chi connectivity index (χ1) is 9.60. The minimum atomic E-state index is -0.195. The number of phenols is 1. The Morgan fingerprint density at radius 1 is 1.15 bits per heavy atom. The molecule has 1 amide bonds. The molecule has 0 spiro atoms. The molecule has 0 aliphatic rings. The monoisotopic (exact) mass is 270 g/mol. The summed E-state index contributed by atoms with van der Waals surface area (Å²) in [6.45, 7) is 2.06. The standard InChI is InChI=1S/C16H18N2O2/c1-11(17-2)13-4-3-5-14(10-13)18-16(20)12-6-8-15(19)9-7-12/h3-11,17,19H,1-2H3,(H,18,20). The van der Waals surface area contributed by atoms with E-state index >= 15 is 0 Å². The number of phenolic OH excluding ortho intramolecular Hbond substituents is 1. The summed E-state index contributed by atoms with van der Waals surface area (Å²) in [6.07, 6.45) is 0. The van der Waals surface area contributed by atoms with E-state index in [4.69, 9.17) is 0 Å². The number of carbonyl (C=O) groups is 1. The van der Waals surface area contributed by atoms with Crippen LogP contribution in [0.15, 0.2) is 48.5 Å². The Labute approximate surface area is 118 Å². The molecule has 2 aromatic rings. The summed E-state index contributed by atoms with van der Waals surface area (Å²) in [7, 11) is 1.90. The van der Waals surface area contributed by atoms with Crippen LogP contribution in [-0.4, -0.2) is 18.1 Å². The number of anilines is 1. The molecule has 0 aliphatic heterocycles. The van der Waals surface area contributed by atoms with Crippen LogP contribution in [0.1, 0.15) is 28.9 Å². The zero-order valence-corrected chi connectivity index (χ0v) is 11.6. The first kappa shape index (κ1) is 14.1. The van der Waals surface area contributed by atoms with Crippen LogP contribution in [-0.2, 0) is 0 Å². The molecule has 20 heavy (non-hydrogen) atoms. The molecular formula is C16H18N2O2. The molecular weight excluding hydrogens is 252 g/mol. The average Bonchev–Trinajstić information content (AvgIpc) is 2.47. The lowest BCUT2D eigenvalue weighted by molar-refractivity contribution is 0.102. The van der Waals surface area contributed by atoms with Gasteiger partial charge in [0.15, 0.2) is 0 Å². The summed E-state index contributed by atoms with van der Waals surface area (Å²) in [6, 6.07) is 14.1. The van der Waals surface area contributed by atoms with E-state index in [9.17, 15) is 9.90 Å². The van der Waals surface area contributed by atoms with Crippen molar-refractivity contribution < 1.29 is 9.90 Å². The lowest BCUT2D eigenvalue weighted by atomic mass is 10.1. The van der Waals surface area contributed by atoms with Crippen molar-refractivity contribution in [3.63, 3.8) is 0 Å². The number of hydrogen-bond donors (Lipinski definition) is 3. The summed E-state index contributed by atoms with van der Waals surface area (Å²) in [5, 5.41) is 15.2. The highest BCUT2D eigenvalue weighted by Gasteiger charge is 2.08. The fourth-order valence-corrected chi connectivity index (χ4v) is 1.87. The average molecular weight is 270 g/mol. The summed E-state index contributed by atoms with van der Waals surface area (Å²) >= 11 is 0. The fraction of sp³-hybridized carbons (Fsp3) is 0.188. The molecule has 3 N–H and O–H groups in total. The molecule has 2 aromatic carbocycles. The number of nitrogens with one attached hydrogen (secondary N) is 2. The topological polar surface area (TPSA) is 61.4 Å². The Morgan fingerprint density at radius 2 is 1.85 bits per heavy atom. The van der Waals surface area contributed by atoms with Gasteiger partial charge in [-0.3, -0.25) is 4.79 Å². The second-order valence-corrected chi connectivity index (χ2v) is 4.64. The number of carbonyl (C=O) groups excluding carboxylic acids is 1. The second-order valence-electron chi connectivity index (χ2n) is 4.64. The number of amides is 1. The summed E-state index contributed by atoms with van der Waals surface area (Å²) in [5.41, 5.74) is 2.37. The van der Waals surface area contributed by atoms with Crippen LogP contribution in [0.5, 0.6) is 5.75 Å². The number of benzene rings is 2. The van der Waals surface area contributed by atoms with Crippen LogP contribution in [0.25, 0.3) is 0 Å². The van der Waals surface area contributed by atoms with E-state index in [2.05, 4.69) is 17.6 Å². The van der Waals surface area contributed by atoms with Crippen molar-refractivity contribution >= 4 is 11.6 Å². The van der Waals surface area contributed by atoms with Crippen molar-refractivity contribution in [2.45, 2.75) is 13.0 Å². The molecule has 1 unspecified atom stereocenters. The van der Waals surface area contributed by atoms with Gasteiger partial charge in [-0.25, -0.2) is 0 Å². The Hall–Kier alpha value is -2.33. The Kier molecular flexibility index (Phi) is 4.38. The van der Waals surface area contributed by atoms with Gasteiger partial charge in [0.2, 0.25) is 0 Å². The van der Waals surface area contributed by atoms with E-state index in [-0.39, 0.29) is 17.7 Å². The van der Waals surface area contributed by atoms with Crippen molar-refractivity contribution in [3.8, 4) is 5.75 Å². The normalized spacial score (nSPS) is 11.9. The Balaban J connectivity index is 2.13. The quantitative estimate of drug-likeness (QED) is 0.800. The van der Waals surface area contributed by atoms with Gasteiger partial charge >= 0.3 is 0 Å². The molecule has 0 saturated carbocycles. The van der Waals surface area contributed by atoms with Gasteiger partial charge in [-0.2, -0.15) is 0 Å². The van der Waals surface area contributed by atoms with E-state index in [0.717, 1.165) is 11.3 Å². The predicted molar refractivity (Wildman–Crippen MR) is 80.0 cm³/mol. The van der Waals surface area contributed by atoms with E-state index in [1.54, 1.807) is 12.1 Å². The van der Waals surface area contributed by atoms with E-state index in [1.165, 1.54) is 12.1 Å². The molecule has 2 rings (SSSR count). The number of aromatic hydroxyl groups is 1. The lowest BCUT2D eigenvalue weighted by Crippen LogP contribution is -2.14. The molecule has 4 heteroatoms. The largest absolute Gasteiger partial charge is 0.508 e. The van der Waals surface area contributed by atoms with E-state index in [0.29, 0.717) is 5.56 Å². The fourth-order valence-electron chi connectivity index (χ4n) is 1.87. The van der Waals surface area contributed by atoms with Crippen LogP contribution < -0.4 is 10.6 Å².